The van der Waals surface area contributed by atoms with Crippen molar-refractivity contribution in [1.82, 2.24) is 10.2 Å². The van der Waals surface area contributed by atoms with Gasteiger partial charge >= 0.3 is 18.2 Å². The molecule has 5 nitrogen and oxygen atoms in total. The second-order valence-electron chi connectivity index (χ2n) is 6.94. The van der Waals surface area contributed by atoms with Crippen molar-refractivity contribution in [3.8, 4) is 0 Å². The maximum Gasteiger partial charge on any atom is 0.394 e. The molecule has 2 aliphatic rings. The first-order valence-corrected chi connectivity index (χ1v) is 8.58. The molecule has 0 spiro atoms. The van der Waals surface area contributed by atoms with Gasteiger partial charge in [0.25, 0.3) is 0 Å². The fourth-order valence-electron chi connectivity index (χ4n) is 3.43. The van der Waals surface area contributed by atoms with Crippen molar-refractivity contribution in [2.45, 2.75) is 24.4 Å². The van der Waals surface area contributed by atoms with Crippen LogP contribution in [0.15, 0.2) is 24.3 Å². The summed E-state index contributed by atoms with van der Waals surface area (Å²) in [6.07, 6.45) is -2.94. The highest BCUT2D eigenvalue weighted by atomic mass is 35.5. The second-order valence-corrected chi connectivity index (χ2v) is 7.38. The van der Waals surface area contributed by atoms with Gasteiger partial charge in [-0.05, 0) is 30.5 Å². The Morgan fingerprint density at radius 3 is 2.31 bits per heavy atom. The predicted octanol–water partition coefficient (Wildman–Crippen LogP) is 3.28. The van der Waals surface area contributed by atoms with Crippen LogP contribution in [0.5, 0.6) is 0 Å². The standard InChI is InChI=1S/C17H18ClF3N2O3/c18-11-3-1-10(2-4-11)16(5-6-16)9-22-15(26)23-7-12(14(24)25)13(8-23)17(19,20)21/h1-4,12-13H,5-9H2,(H,22,26)(H,24,25)/t12-,13-/m1/s1. The number of nitrogens with zero attached hydrogens (tertiary/aromatic N) is 1. The lowest BCUT2D eigenvalue weighted by molar-refractivity contribution is -0.187. The number of benzene rings is 1. The van der Waals surface area contributed by atoms with Gasteiger partial charge in [-0.2, -0.15) is 13.2 Å². The third-order valence-corrected chi connectivity index (χ3v) is 5.48. The Balaban J connectivity index is 1.62. The number of hydrogen-bond donors (Lipinski definition) is 2. The minimum Gasteiger partial charge on any atom is -0.481 e. The Bertz CT molecular complexity index is 704. The van der Waals surface area contributed by atoms with Gasteiger partial charge in [-0.3, -0.25) is 4.79 Å². The van der Waals surface area contributed by atoms with Crippen LogP contribution in [0.3, 0.4) is 0 Å². The molecule has 26 heavy (non-hydrogen) atoms. The van der Waals surface area contributed by atoms with Crippen molar-refractivity contribution in [2.75, 3.05) is 19.6 Å². The lowest BCUT2D eigenvalue weighted by atomic mass is 9.96. The van der Waals surface area contributed by atoms with Crippen molar-refractivity contribution < 1.29 is 27.9 Å². The number of amides is 2. The van der Waals surface area contributed by atoms with E-state index in [4.69, 9.17) is 16.7 Å². The lowest BCUT2D eigenvalue weighted by Crippen LogP contribution is -2.42. The van der Waals surface area contributed by atoms with E-state index in [1.54, 1.807) is 12.1 Å². The van der Waals surface area contributed by atoms with Gasteiger partial charge in [0.15, 0.2) is 0 Å². The van der Waals surface area contributed by atoms with Gasteiger partial charge in [0.05, 0.1) is 11.8 Å². The van der Waals surface area contributed by atoms with Gasteiger partial charge in [-0.1, -0.05) is 23.7 Å². The third-order valence-electron chi connectivity index (χ3n) is 5.23. The number of rotatable bonds is 4. The molecule has 2 fully saturated rings. The first-order valence-electron chi connectivity index (χ1n) is 8.21. The highest BCUT2D eigenvalue weighted by Crippen LogP contribution is 2.48. The summed E-state index contributed by atoms with van der Waals surface area (Å²) >= 11 is 5.87. The number of carbonyl (C=O) groups excluding carboxylic acids is 1. The van der Waals surface area contributed by atoms with E-state index in [0.29, 0.717) is 11.6 Å². The molecule has 0 radical (unpaired) electrons. The lowest BCUT2D eigenvalue weighted by Gasteiger charge is -2.21. The summed E-state index contributed by atoms with van der Waals surface area (Å²) in [6.45, 7) is -0.794. The van der Waals surface area contributed by atoms with Crippen LogP contribution < -0.4 is 5.32 Å². The monoisotopic (exact) mass is 390 g/mol. The third kappa shape index (κ3) is 3.75. The number of alkyl halides is 3. The number of hydrogen-bond acceptors (Lipinski definition) is 2. The second kappa shape index (κ2) is 6.64. The topological polar surface area (TPSA) is 69.6 Å². The van der Waals surface area contributed by atoms with Crippen LogP contribution in [0, 0.1) is 11.8 Å². The number of nitrogens with one attached hydrogen (secondary N) is 1. The average molecular weight is 391 g/mol. The molecule has 3 rings (SSSR count). The van der Waals surface area contributed by atoms with E-state index in [2.05, 4.69) is 5.32 Å². The highest BCUT2D eigenvalue weighted by molar-refractivity contribution is 6.30. The summed E-state index contributed by atoms with van der Waals surface area (Å²) in [5.74, 6) is -5.22. The summed E-state index contributed by atoms with van der Waals surface area (Å²) < 4.78 is 39.0. The van der Waals surface area contributed by atoms with Crippen molar-refractivity contribution >= 4 is 23.6 Å². The molecule has 1 saturated heterocycles. The smallest absolute Gasteiger partial charge is 0.394 e. The van der Waals surface area contributed by atoms with E-state index in [9.17, 15) is 22.8 Å². The van der Waals surface area contributed by atoms with Crippen molar-refractivity contribution in [1.29, 1.82) is 0 Å². The molecule has 2 N–H and O–H groups in total. The molecule has 0 aromatic heterocycles. The zero-order chi connectivity index (χ0) is 19.1. The first kappa shape index (κ1) is 18.8. The number of carbonyl (C=O) groups is 2. The molecule has 1 heterocycles. The zero-order valence-electron chi connectivity index (χ0n) is 13.7. The van der Waals surface area contributed by atoms with Gasteiger partial charge < -0.3 is 15.3 Å². The minimum atomic E-state index is -4.65. The Morgan fingerprint density at radius 2 is 1.85 bits per heavy atom. The Morgan fingerprint density at radius 1 is 1.23 bits per heavy atom. The molecule has 2 amide bonds. The number of carboxylic acid groups (broad SMARTS) is 1. The number of halogens is 4. The van der Waals surface area contributed by atoms with Gasteiger partial charge in [0.1, 0.15) is 0 Å². The van der Waals surface area contributed by atoms with E-state index in [1.807, 2.05) is 12.1 Å². The van der Waals surface area contributed by atoms with Crippen molar-refractivity contribution in [3.63, 3.8) is 0 Å². The number of carboxylic acids is 1. The molecule has 1 saturated carbocycles. The molecule has 1 aliphatic heterocycles. The average Bonchev–Trinajstić information content (AvgIpc) is 3.19. The SMILES string of the molecule is O=C(O)[C@@H]1CN(C(=O)NCC2(c3ccc(Cl)cc3)CC2)C[C@H]1C(F)(F)F. The molecular formula is C17H18ClF3N2O3. The summed E-state index contributed by atoms with van der Waals surface area (Å²) in [5, 5.41) is 12.3. The molecule has 0 bridgehead atoms. The van der Waals surface area contributed by atoms with E-state index in [0.717, 1.165) is 23.3 Å². The summed E-state index contributed by atoms with van der Waals surface area (Å²) in [5.41, 5.74) is 0.787. The normalized spacial score (nSPS) is 24.4. The molecule has 1 aliphatic carbocycles. The Labute approximate surface area is 153 Å². The number of likely N-dealkylation sites (tertiary alicyclic amines) is 1. The largest absolute Gasteiger partial charge is 0.481 e. The maximum absolute atomic E-state index is 13.0. The quantitative estimate of drug-likeness (QED) is 0.829. The van der Waals surface area contributed by atoms with Crippen molar-refractivity contribution in [2.24, 2.45) is 11.8 Å². The molecular weight excluding hydrogens is 373 g/mol. The number of aliphatic carboxylic acids is 1. The summed E-state index contributed by atoms with van der Waals surface area (Å²) in [7, 11) is 0. The van der Waals surface area contributed by atoms with E-state index >= 15 is 0 Å². The number of urea groups is 1. The van der Waals surface area contributed by atoms with Crippen LogP contribution in [-0.2, 0) is 10.2 Å². The Kier molecular flexibility index (Phi) is 4.81. The molecule has 1 aromatic carbocycles. The summed E-state index contributed by atoms with van der Waals surface area (Å²) in [4.78, 5) is 24.3. The highest BCUT2D eigenvalue weighted by Gasteiger charge is 2.54. The van der Waals surface area contributed by atoms with Crippen LogP contribution >= 0.6 is 11.6 Å². The molecule has 9 heteroatoms. The zero-order valence-corrected chi connectivity index (χ0v) is 14.5. The Hall–Kier alpha value is -1.96. The van der Waals surface area contributed by atoms with Gasteiger partial charge in [0.2, 0.25) is 0 Å². The van der Waals surface area contributed by atoms with E-state index in [-0.39, 0.29) is 5.41 Å². The van der Waals surface area contributed by atoms with Crippen LogP contribution in [0.25, 0.3) is 0 Å². The minimum absolute atomic E-state index is 0.227. The van der Waals surface area contributed by atoms with Crippen LogP contribution in [-0.4, -0.2) is 47.8 Å². The van der Waals surface area contributed by atoms with Crippen LogP contribution in [0.2, 0.25) is 5.02 Å². The fraction of sp³-hybridized carbons (Fsp3) is 0.529. The van der Waals surface area contributed by atoms with Crippen LogP contribution in [0.1, 0.15) is 18.4 Å². The first-order chi connectivity index (χ1) is 12.1. The van der Waals surface area contributed by atoms with Crippen molar-refractivity contribution in [3.05, 3.63) is 34.9 Å². The fourth-order valence-corrected chi connectivity index (χ4v) is 3.56. The van der Waals surface area contributed by atoms with Gasteiger partial charge in [-0.15, -0.1) is 0 Å². The summed E-state index contributed by atoms with van der Waals surface area (Å²) in [6, 6.07) is 6.59. The van der Waals surface area contributed by atoms with Gasteiger partial charge in [-0.25, -0.2) is 4.79 Å². The maximum atomic E-state index is 13.0. The predicted molar refractivity (Wildman–Crippen MR) is 88.0 cm³/mol. The molecule has 0 unspecified atom stereocenters. The van der Waals surface area contributed by atoms with E-state index < -0.39 is 43.1 Å². The van der Waals surface area contributed by atoms with E-state index in [1.165, 1.54) is 0 Å². The molecule has 1 aromatic rings. The van der Waals surface area contributed by atoms with Gasteiger partial charge in [0, 0.05) is 30.1 Å². The molecule has 2 atom stereocenters. The molecule has 142 valence electrons. The van der Waals surface area contributed by atoms with Crippen LogP contribution in [0.4, 0.5) is 18.0 Å².